The Morgan fingerprint density at radius 3 is 2.28 bits per heavy atom. The summed E-state index contributed by atoms with van der Waals surface area (Å²) in [7, 11) is 1.80. The fourth-order valence-corrected chi connectivity index (χ4v) is 3.20. The van der Waals surface area contributed by atoms with Crippen LogP contribution in [0.25, 0.3) is 11.5 Å². The van der Waals surface area contributed by atoms with Gasteiger partial charge in [-0.25, -0.2) is 4.98 Å². The first-order valence-corrected chi connectivity index (χ1v) is 10.1. The van der Waals surface area contributed by atoms with Crippen LogP contribution in [0.5, 0.6) is 0 Å². The van der Waals surface area contributed by atoms with Gasteiger partial charge in [0.15, 0.2) is 5.96 Å². The minimum atomic E-state index is 0. The second-order valence-corrected chi connectivity index (χ2v) is 7.61. The van der Waals surface area contributed by atoms with Gasteiger partial charge in [-0.3, -0.25) is 9.89 Å². The molecule has 0 fully saturated rings. The number of oxazole rings is 1. The summed E-state index contributed by atoms with van der Waals surface area (Å²) in [6, 6.07) is 9.27. The van der Waals surface area contributed by atoms with Crippen molar-refractivity contribution < 1.29 is 4.42 Å². The van der Waals surface area contributed by atoms with Crippen molar-refractivity contribution in [2.24, 2.45) is 4.99 Å². The number of aryl methyl sites for hydroxylation is 1. The smallest absolute Gasteiger partial charge is 0.226 e. The molecule has 1 aromatic carbocycles. The number of rotatable bonds is 9. The molecule has 0 aliphatic carbocycles. The van der Waals surface area contributed by atoms with Gasteiger partial charge in [-0.05, 0) is 46.8 Å². The molecule has 0 aliphatic rings. The normalized spacial score (nSPS) is 11.8. The van der Waals surface area contributed by atoms with E-state index in [1.54, 1.807) is 13.3 Å². The highest BCUT2D eigenvalue weighted by molar-refractivity contribution is 14.0. The first-order valence-electron chi connectivity index (χ1n) is 10.1. The maximum Gasteiger partial charge on any atom is 0.226 e. The Balaban J connectivity index is 0.00000420. The van der Waals surface area contributed by atoms with Crippen LogP contribution in [0.1, 0.15) is 39.0 Å². The third kappa shape index (κ3) is 8.34. The average Bonchev–Trinajstić information content (AvgIpc) is 3.12. The van der Waals surface area contributed by atoms with Crippen molar-refractivity contribution in [2.45, 2.75) is 53.1 Å². The molecule has 0 saturated carbocycles. The monoisotopic (exact) mass is 513 g/mol. The van der Waals surface area contributed by atoms with Crippen LogP contribution in [0.4, 0.5) is 0 Å². The van der Waals surface area contributed by atoms with Crippen LogP contribution < -0.4 is 10.6 Å². The summed E-state index contributed by atoms with van der Waals surface area (Å²) in [5.41, 5.74) is 3.16. The van der Waals surface area contributed by atoms with E-state index in [0.717, 1.165) is 43.3 Å². The van der Waals surface area contributed by atoms with Gasteiger partial charge in [-0.1, -0.05) is 17.7 Å². The van der Waals surface area contributed by atoms with E-state index in [9.17, 15) is 0 Å². The number of hydrogen-bond donors (Lipinski definition) is 2. The van der Waals surface area contributed by atoms with Crippen LogP contribution in [-0.2, 0) is 6.42 Å². The van der Waals surface area contributed by atoms with E-state index in [1.807, 2.05) is 12.1 Å². The molecule has 1 heterocycles. The van der Waals surface area contributed by atoms with E-state index in [-0.39, 0.29) is 24.0 Å². The zero-order valence-corrected chi connectivity index (χ0v) is 20.9. The predicted octanol–water partition coefficient (Wildman–Crippen LogP) is 4.09. The van der Waals surface area contributed by atoms with Crippen molar-refractivity contribution in [1.82, 2.24) is 20.5 Å². The SMILES string of the molecule is CN=C(NCCc1coc(-c2ccc(C)cc2)n1)NCCN(C(C)C)C(C)C.I. The lowest BCUT2D eigenvalue weighted by molar-refractivity contribution is 0.178. The minimum Gasteiger partial charge on any atom is -0.444 e. The van der Waals surface area contributed by atoms with Gasteiger partial charge in [0.2, 0.25) is 5.89 Å². The number of benzene rings is 1. The molecule has 6 nitrogen and oxygen atoms in total. The maximum atomic E-state index is 5.62. The van der Waals surface area contributed by atoms with Gasteiger partial charge >= 0.3 is 0 Å². The number of nitrogens with zero attached hydrogens (tertiary/aromatic N) is 3. The largest absolute Gasteiger partial charge is 0.444 e. The molecule has 0 unspecified atom stereocenters. The standard InChI is InChI=1S/C22H35N5O.HI/c1-16(2)27(17(3)4)14-13-25-22(23-6)24-12-11-20-15-28-21(26-20)19-9-7-18(5)8-10-19;/h7-10,15-17H,11-14H2,1-6H3,(H2,23,24,25);1H. The van der Waals surface area contributed by atoms with E-state index in [2.05, 4.69) is 72.3 Å². The number of aliphatic imine (C=N–C) groups is 1. The number of aromatic nitrogens is 1. The summed E-state index contributed by atoms with van der Waals surface area (Å²) in [6.45, 7) is 13.6. The van der Waals surface area contributed by atoms with Crippen molar-refractivity contribution in [3.8, 4) is 11.5 Å². The molecular weight excluding hydrogens is 477 g/mol. The highest BCUT2D eigenvalue weighted by Gasteiger charge is 2.12. The average molecular weight is 513 g/mol. The van der Waals surface area contributed by atoms with Crippen molar-refractivity contribution in [1.29, 1.82) is 0 Å². The third-order valence-electron chi connectivity index (χ3n) is 4.74. The topological polar surface area (TPSA) is 65.7 Å². The van der Waals surface area contributed by atoms with Gasteiger partial charge < -0.3 is 15.1 Å². The lowest BCUT2D eigenvalue weighted by Crippen LogP contribution is -2.45. The van der Waals surface area contributed by atoms with E-state index in [4.69, 9.17) is 4.42 Å². The molecule has 1 aromatic heterocycles. The zero-order valence-electron chi connectivity index (χ0n) is 18.5. The molecule has 0 aliphatic heterocycles. The second kappa shape index (κ2) is 12.8. The van der Waals surface area contributed by atoms with Crippen LogP contribution >= 0.6 is 24.0 Å². The molecule has 2 rings (SSSR count). The summed E-state index contributed by atoms with van der Waals surface area (Å²) in [4.78, 5) is 11.3. The fraction of sp³-hybridized carbons (Fsp3) is 0.545. The molecule has 162 valence electrons. The Morgan fingerprint density at radius 1 is 1.07 bits per heavy atom. The summed E-state index contributed by atoms with van der Waals surface area (Å²) >= 11 is 0. The molecule has 0 saturated heterocycles. The summed E-state index contributed by atoms with van der Waals surface area (Å²) in [6.07, 6.45) is 2.51. The first kappa shape index (κ1) is 25.4. The van der Waals surface area contributed by atoms with Crippen molar-refractivity contribution >= 4 is 29.9 Å². The van der Waals surface area contributed by atoms with Crippen LogP contribution in [0.2, 0.25) is 0 Å². The van der Waals surface area contributed by atoms with Crippen LogP contribution in [-0.4, -0.2) is 54.6 Å². The first-order chi connectivity index (χ1) is 13.4. The van der Waals surface area contributed by atoms with E-state index in [1.165, 1.54) is 5.56 Å². The van der Waals surface area contributed by atoms with Crippen LogP contribution in [0.15, 0.2) is 39.9 Å². The number of nitrogens with one attached hydrogen (secondary N) is 2. The van der Waals surface area contributed by atoms with Crippen molar-refractivity contribution in [3.63, 3.8) is 0 Å². The lowest BCUT2D eigenvalue weighted by Gasteiger charge is -2.30. The summed E-state index contributed by atoms with van der Waals surface area (Å²) in [5.74, 6) is 1.48. The second-order valence-electron chi connectivity index (χ2n) is 7.61. The van der Waals surface area contributed by atoms with Crippen molar-refractivity contribution in [3.05, 3.63) is 41.8 Å². The minimum absolute atomic E-state index is 0. The quantitative estimate of drug-likeness (QED) is 0.301. The number of guanidine groups is 1. The lowest BCUT2D eigenvalue weighted by atomic mass is 10.1. The van der Waals surface area contributed by atoms with Crippen LogP contribution in [0.3, 0.4) is 0 Å². The Bertz CT molecular complexity index is 732. The van der Waals surface area contributed by atoms with E-state index >= 15 is 0 Å². The van der Waals surface area contributed by atoms with Gasteiger partial charge in [-0.2, -0.15) is 0 Å². The van der Waals surface area contributed by atoms with Crippen molar-refractivity contribution in [2.75, 3.05) is 26.7 Å². The fourth-order valence-electron chi connectivity index (χ4n) is 3.20. The van der Waals surface area contributed by atoms with E-state index < -0.39 is 0 Å². The zero-order chi connectivity index (χ0) is 20.5. The van der Waals surface area contributed by atoms with E-state index in [0.29, 0.717) is 18.0 Å². The van der Waals surface area contributed by atoms with Gasteiger partial charge in [0, 0.05) is 50.7 Å². The molecule has 0 bridgehead atoms. The number of halogens is 1. The molecule has 2 N–H and O–H groups in total. The Labute approximate surface area is 192 Å². The van der Waals surface area contributed by atoms with Gasteiger partial charge in [-0.15, -0.1) is 24.0 Å². The van der Waals surface area contributed by atoms with Crippen LogP contribution in [0, 0.1) is 6.92 Å². The molecule has 0 atom stereocenters. The van der Waals surface area contributed by atoms with Gasteiger partial charge in [0.25, 0.3) is 0 Å². The predicted molar refractivity (Wildman–Crippen MR) is 132 cm³/mol. The maximum absolute atomic E-state index is 5.62. The highest BCUT2D eigenvalue weighted by atomic mass is 127. The molecule has 29 heavy (non-hydrogen) atoms. The van der Waals surface area contributed by atoms with Gasteiger partial charge in [0.1, 0.15) is 6.26 Å². The highest BCUT2D eigenvalue weighted by Crippen LogP contribution is 2.19. The van der Waals surface area contributed by atoms with Gasteiger partial charge in [0.05, 0.1) is 5.69 Å². The number of hydrogen-bond acceptors (Lipinski definition) is 4. The Hall–Kier alpha value is -1.61. The molecular formula is C22H36IN5O. The molecule has 2 aromatic rings. The molecule has 0 amide bonds. The Kier molecular flexibility index (Phi) is 11.3. The third-order valence-corrected chi connectivity index (χ3v) is 4.74. The molecule has 0 spiro atoms. The molecule has 0 radical (unpaired) electrons. The molecule has 7 heteroatoms. The summed E-state index contributed by atoms with van der Waals surface area (Å²) in [5, 5.41) is 6.73. The Morgan fingerprint density at radius 2 is 1.69 bits per heavy atom. The summed E-state index contributed by atoms with van der Waals surface area (Å²) < 4.78 is 5.62.